The Hall–Kier alpha value is 0.310. The van der Waals surface area contributed by atoms with Crippen molar-refractivity contribution in [1.29, 1.82) is 0 Å². The van der Waals surface area contributed by atoms with Crippen LogP contribution in [0.3, 0.4) is 0 Å². The maximum Gasteiger partial charge on any atom is 0.00245 e. The fourth-order valence-electron chi connectivity index (χ4n) is 1.65. The Morgan fingerprint density at radius 1 is 1.42 bits per heavy atom. The minimum Gasteiger partial charge on any atom is -0.303 e. The summed E-state index contributed by atoms with van der Waals surface area (Å²) in [5.74, 6) is 3.20. The van der Waals surface area contributed by atoms with E-state index in [-0.39, 0.29) is 0 Å². The van der Waals surface area contributed by atoms with E-state index in [1.54, 1.807) is 0 Å². The largest absolute Gasteiger partial charge is 0.303 e. The fourth-order valence-corrected chi connectivity index (χ4v) is 2.06. The van der Waals surface area contributed by atoms with Crippen molar-refractivity contribution in [1.82, 2.24) is 4.90 Å². The minimum atomic E-state index is 0.891. The first-order chi connectivity index (χ1) is 5.74. The standard InChI is InChI=1S/C10H21NS/c1-9(2)10-7-11(8-10)5-4-6-12-3/h9-10H,4-8H2,1-3H3. The Kier molecular flexibility index (Phi) is 4.44. The Bertz CT molecular complexity index is 119. The van der Waals surface area contributed by atoms with Gasteiger partial charge in [-0.25, -0.2) is 0 Å². The average Bonchev–Trinajstić information content (AvgIpc) is 1.93. The molecule has 72 valence electrons. The van der Waals surface area contributed by atoms with Crippen LogP contribution in [-0.4, -0.2) is 36.5 Å². The lowest BCUT2D eigenvalue weighted by molar-refractivity contribution is 0.0693. The lowest BCUT2D eigenvalue weighted by Gasteiger charge is -2.41. The van der Waals surface area contributed by atoms with Gasteiger partial charge >= 0.3 is 0 Å². The van der Waals surface area contributed by atoms with Crippen LogP contribution in [0.2, 0.25) is 0 Å². The lowest BCUT2D eigenvalue weighted by atomic mass is 9.88. The highest BCUT2D eigenvalue weighted by Gasteiger charge is 2.27. The van der Waals surface area contributed by atoms with Crippen LogP contribution in [0.15, 0.2) is 0 Å². The van der Waals surface area contributed by atoms with Gasteiger partial charge in [0, 0.05) is 13.1 Å². The smallest absolute Gasteiger partial charge is 0.00245 e. The van der Waals surface area contributed by atoms with E-state index in [2.05, 4.69) is 25.0 Å². The van der Waals surface area contributed by atoms with E-state index < -0.39 is 0 Å². The molecule has 1 nitrogen and oxygen atoms in total. The molecule has 0 unspecified atom stereocenters. The van der Waals surface area contributed by atoms with Crippen molar-refractivity contribution < 1.29 is 0 Å². The third-order valence-electron chi connectivity index (χ3n) is 2.75. The second-order valence-corrected chi connectivity index (χ2v) is 5.10. The van der Waals surface area contributed by atoms with Crippen LogP contribution in [-0.2, 0) is 0 Å². The van der Waals surface area contributed by atoms with E-state index >= 15 is 0 Å². The molecule has 1 aliphatic rings. The van der Waals surface area contributed by atoms with Crippen molar-refractivity contribution in [3.05, 3.63) is 0 Å². The molecule has 1 saturated heterocycles. The molecule has 0 aromatic heterocycles. The Morgan fingerprint density at radius 2 is 2.08 bits per heavy atom. The van der Waals surface area contributed by atoms with E-state index in [1.807, 2.05) is 11.8 Å². The first-order valence-electron chi connectivity index (χ1n) is 4.95. The maximum absolute atomic E-state index is 2.58. The topological polar surface area (TPSA) is 3.24 Å². The SMILES string of the molecule is CSCCCN1CC(C(C)C)C1. The van der Waals surface area contributed by atoms with Gasteiger partial charge < -0.3 is 4.90 Å². The molecule has 0 saturated carbocycles. The lowest BCUT2D eigenvalue weighted by Crippen LogP contribution is -2.49. The molecule has 0 aromatic rings. The minimum absolute atomic E-state index is 0.891. The number of likely N-dealkylation sites (tertiary alicyclic amines) is 1. The van der Waals surface area contributed by atoms with Crippen LogP contribution in [0.4, 0.5) is 0 Å². The molecule has 1 rings (SSSR count). The maximum atomic E-state index is 2.58. The highest BCUT2D eigenvalue weighted by Crippen LogP contribution is 2.23. The zero-order valence-corrected chi connectivity index (χ0v) is 9.36. The summed E-state index contributed by atoms with van der Waals surface area (Å²) in [6.07, 6.45) is 3.55. The summed E-state index contributed by atoms with van der Waals surface area (Å²) in [6.45, 7) is 8.70. The first-order valence-corrected chi connectivity index (χ1v) is 6.34. The molecule has 0 spiro atoms. The summed E-state index contributed by atoms with van der Waals surface area (Å²) in [6, 6.07) is 0. The van der Waals surface area contributed by atoms with Crippen LogP contribution < -0.4 is 0 Å². The molecule has 0 aliphatic carbocycles. The van der Waals surface area contributed by atoms with Crippen molar-refractivity contribution in [3.63, 3.8) is 0 Å². The van der Waals surface area contributed by atoms with Gasteiger partial charge in [-0.1, -0.05) is 13.8 Å². The van der Waals surface area contributed by atoms with Crippen LogP contribution in [0, 0.1) is 11.8 Å². The third-order valence-corrected chi connectivity index (χ3v) is 3.45. The number of hydrogen-bond acceptors (Lipinski definition) is 2. The number of thioether (sulfide) groups is 1. The molecule has 1 aliphatic heterocycles. The van der Waals surface area contributed by atoms with Gasteiger partial charge in [0.2, 0.25) is 0 Å². The van der Waals surface area contributed by atoms with Crippen LogP contribution in [0.25, 0.3) is 0 Å². The average molecular weight is 187 g/mol. The summed E-state index contributed by atoms with van der Waals surface area (Å²) in [4.78, 5) is 2.58. The number of nitrogens with zero attached hydrogens (tertiary/aromatic N) is 1. The Labute approximate surface area is 80.9 Å². The molecule has 0 aromatic carbocycles. The monoisotopic (exact) mass is 187 g/mol. The molecule has 1 fully saturated rings. The highest BCUT2D eigenvalue weighted by atomic mass is 32.2. The predicted molar refractivity (Wildman–Crippen MR) is 57.8 cm³/mol. The second-order valence-electron chi connectivity index (χ2n) is 4.11. The van der Waals surface area contributed by atoms with Crippen molar-refractivity contribution in [2.75, 3.05) is 31.6 Å². The van der Waals surface area contributed by atoms with Crippen molar-refractivity contribution in [2.24, 2.45) is 11.8 Å². The molecule has 0 N–H and O–H groups in total. The molecule has 0 bridgehead atoms. The molecule has 0 atom stereocenters. The first kappa shape index (κ1) is 10.4. The fraction of sp³-hybridized carbons (Fsp3) is 1.00. The van der Waals surface area contributed by atoms with Crippen molar-refractivity contribution in [2.45, 2.75) is 20.3 Å². The van der Waals surface area contributed by atoms with Gasteiger partial charge in [-0.05, 0) is 36.8 Å². The van der Waals surface area contributed by atoms with Gasteiger partial charge in [0.1, 0.15) is 0 Å². The normalized spacial score (nSPS) is 20.0. The number of hydrogen-bond donors (Lipinski definition) is 0. The summed E-state index contributed by atoms with van der Waals surface area (Å²) < 4.78 is 0. The van der Waals surface area contributed by atoms with Crippen LogP contribution in [0.5, 0.6) is 0 Å². The predicted octanol–water partition coefficient (Wildman–Crippen LogP) is 2.33. The van der Waals surface area contributed by atoms with Crippen LogP contribution >= 0.6 is 11.8 Å². The number of rotatable bonds is 5. The summed E-state index contributed by atoms with van der Waals surface area (Å²) in [7, 11) is 0. The molecule has 0 amide bonds. The van der Waals surface area contributed by atoms with Gasteiger partial charge in [0.15, 0.2) is 0 Å². The van der Waals surface area contributed by atoms with E-state index in [1.165, 1.54) is 31.8 Å². The molecule has 0 radical (unpaired) electrons. The Morgan fingerprint density at radius 3 is 2.58 bits per heavy atom. The van der Waals surface area contributed by atoms with Gasteiger partial charge in [-0.15, -0.1) is 0 Å². The van der Waals surface area contributed by atoms with E-state index in [4.69, 9.17) is 0 Å². The molecular weight excluding hydrogens is 166 g/mol. The second kappa shape index (κ2) is 5.13. The van der Waals surface area contributed by atoms with Gasteiger partial charge in [-0.2, -0.15) is 11.8 Å². The summed E-state index contributed by atoms with van der Waals surface area (Å²) in [5.41, 5.74) is 0. The zero-order valence-electron chi connectivity index (χ0n) is 8.55. The van der Waals surface area contributed by atoms with Gasteiger partial charge in [-0.3, -0.25) is 0 Å². The van der Waals surface area contributed by atoms with Gasteiger partial charge in [0.25, 0.3) is 0 Å². The van der Waals surface area contributed by atoms with Crippen LogP contribution in [0.1, 0.15) is 20.3 Å². The van der Waals surface area contributed by atoms with E-state index in [0.717, 1.165) is 11.8 Å². The summed E-state index contributed by atoms with van der Waals surface area (Å²) in [5, 5.41) is 0. The third kappa shape index (κ3) is 2.98. The molecular formula is C10H21NS. The van der Waals surface area contributed by atoms with E-state index in [9.17, 15) is 0 Å². The Balaban J connectivity index is 1.95. The molecule has 12 heavy (non-hydrogen) atoms. The molecule has 2 heteroatoms. The van der Waals surface area contributed by atoms with Crippen molar-refractivity contribution >= 4 is 11.8 Å². The van der Waals surface area contributed by atoms with Crippen molar-refractivity contribution in [3.8, 4) is 0 Å². The highest BCUT2D eigenvalue weighted by molar-refractivity contribution is 7.98. The summed E-state index contributed by atoms with van der Waals surface area (Å²) >= 11 is 1.96. The van der Waals surface area contributed by atoms with Gasteiger partial charge in [0.05, 0.1) is 0 Å². The molecule has 1 heterocycles. The quantitative estimate of drug-likeness (QED) is 0.608. The zero-order chi connectivity index (χ0) is 8.97. The van der Waals surface area contributed by atoms with E-state index in [0.29, 0.717) is 0 Å².